The smallest absolute Gasteiger partial charge is 0.243 e. The second-order valence-electron chi connectivity index (χ2n) is 5.11. The van der Waals surface area contributed by atoms with Gasteiger partial charge < -0.3 is 4.90 Å². The summed E-state index contributed by atoms with van der Waals surface area (Å²) >= 11 is 0. The fourth-order valence-corrected chi connectivity index (χ4v) is 3.42. The van der Waals surface area contributed by atoms with Crippen molar-refractivity contribution in [2.24, 2.45) is 0 Å². The minimum Gasteiger partial charge on any atom is -0.308 e. The molecule has 0 saturated carbocycles. The van der Waals surface area contributed by atoms with E-state index in [0.29, 0.717) is 18.0 Å². The van der Waals surface area contributed by atoms with Crippen molar-refractivity contribution >= 4 is 20.8 Å². The van der Waals surface area contributed by atoms with Gasteiger partial charge in [-0.05, 0) is 25.5 Å². The Hall–Kier alpha value is -1.43. The Morgan fingerprint density at radius 2 is 1.55 bits per heavy atom. The Morgan fingerprint density at radius 3 is 2.25 bits per heavy atom. The quantitative estimate of drug-likeness (QED) is 0.846. The molecule has 0 N–H and O–H groups in total. The lowest BCUT2D eigenvalue weighted by atomic mass is 10.1. The number of likely N-dealkylation sites (N-methyl/N-ethyl adjacent to an activating group) is 2. The van der Waals surface area contributed by atoms with Gasteiger partial charge in [0.2, 0.25) is 10.0 Å². The van der Waals surface area contributed by atoms with Crippen LogP contribution in [0.25, 0.3) is 10.8 Å². The molecule has 5 heteroatoms. The number of nitrogens with zero attached hydrogens (tertiary/aromatic N) is 2. The van der Waals surface area contributed by atoms with Crippen LogP contribution in [0.1, 0.15) is 0 Å². The number of fused-ring (bicyclic) bond motifs is 1. The first-order chi connectivity index (χ1) is 9.43. The molecule has 0 atom stereocenters. The Labute approximate surface area is 120 Å². The fourth-order valence-electron chi connectivity index (χ4n) is 2.05. The lowest BCUT2D eigenvalue weighted by molar-refractivity contribution is 0.358. The van der Waals surface area contributed by atoms with Crippen LogP contribution in [0.5, 0.6) is 0 Å². The minimum atomic E-state index is -3.45. The number of hydrogen-bond donors (Lipinski definition) is 0. The summed E-state index contributed by atoms with van der Waals surface area (Å²) < 4.78 is 26.7. The van der Waals surface area contributed by atoms with Gasteiger partial charge in [-0.2, -0.15) is 4.31 Å². The van der Waals surface area contributed by atoms with Crippen molar-refractivity contribution in [3.63, 3.8) is 0 Å². The van der Waals surface area contributed by atoms with Gasteiger partial charge in [-0.3, -0.25) is 0 Å². The van der Waals surface area contributed by atoms with Crippen molar-refractivity contribution in [3.05, 3.63) is 42.5 Å². The zero-order chi connectivity index (χ0) is 14.8. The lowest BCUT2D eigenvalue weighted by Gasteiger charge is -2.20. The summed E-state index contributed by atoms with van der Waals surface area (Å²) in [5, 5.41) is 1.71. The zero-order valence-electron chi connectivity index (χ0n) is 12.1. The van der Waals surface area contributed by atoms with Gasteiger partial charge in [0, 0.05) is 25.5 Å². The maximum Gasteiger partial charge on any atom is 0.243 e. The molecule has 2 aromatic carbocycles. The van der Waals surface area contributed by atoms with Crippen LogP contribution in [0.4, 0.5) is 0 Å². The van der Waals surface area contributed by atoms with Crippen LogP contribution in [0.3, 0.4) is 0 Å². The number of benzene rings is 2. The Morgan fingerprint density at radius 1 is 0.900 bits per heavy atom. The highest BCUT2D eigenvalue weighted by Gasteiger charge is 2.22. The van der Waals surface area contributed by atoms with Crippen LogP contribution < -0.4 is 0 Å². The molecule has 0 fully saturated rings. The molecule has 0 radical (unpaired) electrons. The van der Waals surface area contributed by atoms with Crippen molar-refractivity contribution < 1.29 is 8.42 Å². The Balaban J connectivity index is 2.41. The van der Waals surface area contributed by atoms with E-state index in [9.17, 15) is 8.42 Å². The highest BCUT2D eigenvalue weighted by Crippen LogP contribution is 2.24. The molecule has 2 rings (SSSR count). The highest BCUT2D eigenvalue weighted by atomic mass is 32.2. The van der Waals surface area contributed by atoms with Gasteiger partial charge in [0.1, 0.15) is 0 Å². The van der Waals surface area contributed by atoms with E-state index in [1.165, 1.54) is 4.31 Å². The lowest BCUT2D eigenvalue weighted by Crippen LogP contribution is -2.33. The van der Waals surface area contributed by atoms with Gasteiger partial charge in [-0.25, -0.2) is 8.42 Å². The molecule has 2 aromatic rings. The summed E-state index contributed by atoms with van der Waals surface area (Å²) in [4.78, 5) is 2.34. The molecule has 0 amide bonds. The van der Waals surface area contributed by atoms with E-state index in [2.05, 4.69) is 0 Å². The highest BCUT2D eigenvalue weighted by molar-refractivity contribution is 7.89. The molecule has 4 nitrogen and oxygen atoms in total. The van der Waals surface area contributed by atoms with Crippen LogP contribution in [-0.2, 0) is 10.0 Å². The SMILES string of the molecule is CN(C)CCN(C)S(=O)(=O)c1cccc2ccccc12. The summed E-state index contributed by atoms with van der Waals surface area (Å²) in [5.41, 5.74) is 0. The maximum atomic E-state index is 12.7. The summed E-state index contributed by atoms with van der Waals surface area (Å²) in [5.74, 6) is 0. The monoisotopic (exact) mass is 292 g/mol. The first-order valence-corrected chi connectivity index (χ1v) is 7.96. The molecule has 0 unspecified atom stereocenters. The molecule has 20 heavy (non-hydrogen) atoms. The third-order valence-electron chi connectivity index (χ3n) is 3.30. The van der Waals surface area contributed by atoms with Gasteiger partial charge in [0.05, 0.1) is 4.90 Å². The number of rotatable bonds is 5. The molecule has 0 aliphatic heterocycles. The zero-order valence-corrected chi connectivity index (χ0v) is 12.9. The number of hydrogen-bond acceptors (Lipinski definition) is 3. The average Bonchev–Trinajstić information content (AvgIpc) is 2.43. The van der Waals surface area contributed by atoms with E-state index in [0.717, 1.165) is 10.8 Å². The number of sulfonamides is 1. The van der Waals surface area contributed by atoms with Gasteiger partial charge >= 0.3 is 0 Å². The molecule has 0 bridgehead atoms. The normalized spacial score (nSPS) is 12.4. The van der Waals surface area contributed by atoms with E-state index in [1.807, 2.05) is 49.3 Å². The summed E-state index contributed by atoms with van der Waals surface area (Å²) in [6.07, 6.45) is 0. The van der Waals surface area contributed by atoms with Crippen molar-refractivity contribution in [2.75, 3.05) is 34.2 Å². The van der Waals surface area contributed by atoms with Crippen LogP contribution >= 0.6 is 0 Å². The molecule has 108 valence electrons. The molecule has 0 heterocycles. The van der Waals surface area contributed by atoms with Crippen molar-refractivity contribution in [3.8, 4) is 0 Å². The summed E-state index contributed by atoms with van der Waals surface area (Å²) in [7, 11) is 2.03. The van der Waals surface area contributed by atoms with E-state index in [-0.39, 0.29) is 0 Å². The largest absolute Gasteiger partial charge is 0.308 e. The van der Waals surface area contributed by atoms with Crippen LogP contribution in [0.15, 0.2) is 47.4 Å². The second-order valence-corrected chi connectivity index (χ2v) is 7.12. The molecular weight excluding hydrogens is 272 g/mol. The Kier molecular flexibility index (Phi) is 4.42. The minimum absolute atomic E-state index is 0.372. The first kappa shape index (κ1) is 15.0. The molecule has 0 saturated heterocycles. The second kappa shape index (κ2) is 5.91. The summed E-state index contributed by atoms with van der Waals surface area (Å²) in [6, 6.07) is 12.9. The topological polar surface area (TPSA) is 40.6 Å². The average molecular weight is 292 g/mol. The molecule has 0 aliphatic carbocycles. The van der Waals surface area contributed by atoms with Crippen LogP contribution in [0, 0.1) is 0 Å². The van der Waals surface area contributed by atoms with Gasteiger partial charge in [-0.15, -0.1) is 0 Å². The summed E-state index contributed by atoms with van der Waals surface area (Å²) in [6.45, 7) is 1.17. The Bertz CT molecular complexity index is 691. The molecule has 0 aliphatic rings. The molecular formula is C15H20N2O2S. The van der Waals surface area contributed by atoms with Gasteiger partial charge in [0.25, 0.3) is 0 Å². The third-order valence-corrected chi connectivity index (χ3v) is 5.21. The first-order valence-electron chi connectivity index (χ1n) is 6.52. The van der Waals surface area contributed by atoms with Crippen molar-refractivity contribution in [2.45, 2.75) is 4.90 Å². The van der Waals surface area contributed by atoms with E-state index in [1.54, 1.807) is 19.2 Å². The predicted molar refractivity (Wildman–Crippen MR) is 82.3 cm³/mol. The van der Waals surface area contributed by atoms with E-state index in [4.69, 9.17) is 0 Å². The van der Waals surface area contributed by atoms with Crippen molar-refractivity contribution in [1.29, 1.82) is 0 Å². The maximum absolute atomic E-state index is 12.7. The van der Waals surface area contributed by atoms with Gasteiger partial charge in [-0.1, -0.05) is 36.4 Å². The third kappa shape index (κ3) is 3.00. The standard InChI is InChI=1S/C15H20N2O2S/c1-16(2)11-12-17(3)20(18,19)15-10-6-8-13-7-4-5-9-14(13)15/h4-10H,11-12H2,1-3H3. The fraction of sp³-hybridized carbons (Fsp3) is 0.333. The molecule has 0 spiro atoms. The van der Waals surface area contributed by atoms with Crippen LogP contribution in [0.2, 0.25) is 0 Å². The van der Waals surface area contributed by atoms with Gasteiger partial charge in [0.15, 0.2) is 0 Å². The van der Waals surface area contributed by atoms with Crippen molar-refractivity contribution in [1.82, 2.24) is 9.21 Å². The van der Waals surface area contributed by atoms with E-state index < -0.39 is 10.0 Å². The van der Waals surface area contributed by atoms with E-state index >= 15 is 0 Å². The molecule has 0 aromatic heterocycles. The predicted octanol–water partition coefficient (Wildman–Crippen LogP) is 2.02. The van der Waals surface area contributed by atoms with Crippen LogP contribution in [-0.4, -0.2) is 51.9 Å².